The van der Waals surface area contributed by atoms with E-state index in [1.165, 1.54) is 12.1 Å². The zero-order chi connectivity index (χ0) is 20.6. The van der Waals surface area contributed by atoms with Crippen LogP contribution in [0.1, 0.15) is 20.7 Å². The summed E-state index contributed by atoms with van der Waals surface area (Å²) in [5, 5.41) is 29.5. The molecule has 0 fully saturated rings. The minimum Gasteiger partial charge on any atom is -0.478 e. The van der Waals surface area contributed by atoms with Gasteiger partial charge in [0.2, 0.25) is 6.20 Å². The molecule has 0 aromatic heterocycles. The van der Waals surface area contributed by atoms with Crippen LogP contribution in [-0.4, -0.2) is 27.1 Å². The number of nitro groups is 1. The van der Waals surface area contributed by atoms with Crippen molar-refractivity contribution < 1.29 is 33.5 Å². The van der Waals surface area contributed by atoms with Gasteiger partial charge in [0.25, 0.3) is 0 Å². The Morgan fingerprint density at radius 2 is 1.56 bits per heavy atom. The highest BCUT2D eigenvalue weighted by Crippen LogP contribution is 2.17. The number of nitrogens with zero attached hydrogens (tertiary/aromatic N) is 1. The van der Waals surface area contributed by atoms with Gasteiger partial charge in [0, 0.05) is 5.69 Å². The van der Waals surface area contributed by atoms with E-state index >= 15 is 0 Å². The van der Waals surface area contributed by atoms with Gasteiger partial charge in [-0.3, -0.25) is 10.1 Å². The molecule has 9 nitrogen and oxygen atoms in total. The number of halogens is 2. The highest BCUT2D eigenvalue weighted by Gasteiger charge is 2.10. The van der Waals surface area contributed by atoms with Crippen LogP contribution in [-0.2, 0) is 0 Å². The molecule has 0 bridgehead atoms. The fourth-order valence-electron chi connectivity index (χ4n) is 1.72. The van der Waals surface area contributed by atoms with Crippen molar-refractivity contribution in [3.63, 3.8) is 0 Å². The van der Waals surface area contributed by atoms with Crippen molar-refractivity contribution in [1.29, 1.82) is 0 Å². The van der Waals surface area contributed by atoms with Crippen molar-refractivity contribution in [2.75, 3.05) is 11.1 Å². The first kappa shape index (κ1) is 21.0. The lowest BCUT2D eigenvalue weighted by molar-refractivity contribution is -0.402. The normalized spacial score (nSPS) is 10.0. The van der Waals surface area contributed by atoms with E-state index in [-0.39, 0.29) is 22.5 Å². The molecule has 0 aliphatic carbocycles. The number of hydrogen-bond donors (Lipinski definition) is 4. The third-order valence-electron chi connectivity index (χ3n) is 2.89. The molecule has 0 spiro atoms. The monoisotopic (exact) mass is 381 g/mol. The summed E-state index contributed by atoms with van der Waals surface area (Å²) < 4.78 is 25.1. The second-order valence-electron chi connectivity index (χ2n) is 4.78. The molecular formula is C16H13F2N3O6. The van der Waals surface area contributed by atoms with Crippen LogP contribution in [0.5, 0.6) is 0 Å². The van der Waals surface area contributed by atoms with E-state index in [0.717, 1.165) is 30.5 Å². The number of nitrogens with two attached hydrogens (primary N) is 1. The Hall–Kier alpha value is -4.02. The number of anilines is 2. The van der Waals surface area contributed by atoms with Crippen molar-refractivity contribution in [2.45, 2.75) is 0 Å². The van der Waals surface area contributed by atoms with E-state index in [9.17, 15) is 28.5 Å². The number of nitrogen functional groups attached to an aromatic ring is 1. The van der Waals surface area contributed by atoms with E-state index < -0.39 is 28.5 Å². The first-order chi connectivity index (χ1) is 12.6. The van der Waals surface area contributed by atoms with Gasteiger partial charge in [-0.15, -0.1) is 0 Å². The Kier molecular flexibility index (Phi) is 7.37. The van der Waals surface area contributed by atoms with Crippen LogP contribution < -0.4 is 11.1 Å². The Labute approximate surface area is 150 Å². The third kappa shape index (κ3) is 6.78. The van der Waals surface area contributed by atoms with Gasteiger partial charge in [0.1, 0.15) is 11.6 Å². The summed E-state index contributed by atoms with van der Waals surface area (Å²) >= 11 is 0. The van der Waals surface area contributed by atoms with Gasteiger partial charge in [-0.25, -0.2) is 18.4 Å². The van der Waals surface area contributed by atoms with E-state index in [0.29, 0.717) is 6.20 Å². The molecule has 0 amide bonds. The SMILES string of the molecule is Nc1ccc(F)cc1C(=O)O.O=C(O)c1cc(F)ccc1N/C=C/[N+](=O)[O-]. The summed E-state index contributed by atoms with van der Waals surface area (Å²) in [7, 11) is 0. The smallest absolute Gasteiger partial charge is 0.337 e. The summed E-state index contributed by atoms with van der Waals surface area (Å²) in [5.41, 5.74) is 4.89. The first-order valence-corrected chi connectivity index (χ1v) is 6.99. The molecule has 2 aromatic carbocycles. The van der Waals surface area contributed by atoms with Crippen LogP contribution in [0.15, 0.2) is 48.8 Å². The lowest BCUT2D eigenvalue weighted by Gasteiger charge is -2.04. The molecule has 0 aliphatic heterocycles. The van der Waals surface area contributed by atoms with E-state index in [4.69, 9.17) is 15.9 Å². The van der Waals surface area contributed by atoms with Crippen molar-refractivity contribution in [2.24, 2.45) is 0 Å². The molecule has 0 saturated carbocycles. The Bertz CT molecular complexity index is 902. The van der Waals surface area contributed by atoms with Crippen LogP contribution in [0.3, 0.4) is 0 Å². The number of carboxylic acids is 2. The molecule has 27 heavy (non-hydrogen) atoms. The number of benzene rings is 2. The second kappa shape index (κ2) is 9.46. The molecule has 5 N–H and O–H groups in total. The lowest BCUT2D eigenvalue weighted by atomic mass is 10.2. The molecular weight excluding hydrogens is 368 g/mol. The van der Waals surface area contributed by atoms with Crippen molar-refractivity contribution in [3.05, 3.63) is 81.7 Å². The zero-order valence-corrected chi connectivity index (χ0v) is 13.4. The summed E-state index contributed by atoms with van der Waals surface area (Å²) in [6, 6.07) is 6.28. The predicted octanol–water partition coefficient (Wildman–Crippen LogP) is 2.79. The maximum Gasteiger partial charge on any atom is 0.337 e. The molecule has 2 aromatic rings. The number of rotatable bonds is 5. The van der Waals surface area contributed by atoms with Gasteiger partial charge in [0.15, 0.2) is 0 Å². The van der Waals surface area contributed by atoms with Crippen molar-refractivity contribution in [1.82, 2.24) is 0 Å². The maximum atomic E-state index is 12.7. The van der Waals surface area contributed by atoms with E-state index in [2.05, 4.69) is 5.32 Å². The Balaban J connectivity index is 0.000000289. The highest BCUT2D eigenvalue weighted by atomic mass is 19.1. The average molecular weight is 381 g/mol. The molecule has 0 unspecified atom stereocenters. The summed E-state index contributed by atoms with van der Waals surface area (Å²) in [6.45, 7) is 0. The topological polar surface area (TPSA) is 156 Å². The van der Waals surface area contributed by atoms with Crippen LogP contribution in [0.2, 0.25) is 0 Å². The first-order valence-electron chi connectivity index (χ1n) is 6.99. The molecule has 0 heterocycles. The number of aromatic carboxylic acids is 2. The molecule has 142 valence electrons. The van der Waals surface area contributed by atoms with Gasteiger partial charge in [-0.05, 0) is 36.4 Å². The highest BCUT2D eigenvalue weighted by molar-refractivity contribution is 5.94. The summed E-state index contributed by atoms with van der Waals surface area (Å²) in [5.74, 6) is -3.84. The number of hydrogen-bond acceptors (Lipinski definition) is 6. The van der Waals surface area contributed by atoms with Gasteiger partial charge in [0.05, 0.1) is 27.9 Å². The number of carboxylic acid groups (broad SMARTS) is 2. The summed E-state index contributed by atoms with van der Waals surface area (Å²) in [4.78, 5) is 30.3. The lowest BCUT2D eigenvalue weighted by Crippen LogP contribution is -2.03. The Morgan fingerprint density at radius 1 is 1.04 bits per heavy atom. The summed E-state index contributed by atoms with van der Waals surface area (Å²) in [6.07, 6.45) is 1.56. The zero-order valence-electron chi connectivity index (χ0n) is 13.4. The average Bonchev–Trinajstić information content (AvgIpc) is 2.58. The number of carbonyl (C=O) groups is 2. The van der Waals surface area contributed by atoms with Gasteiger partial charge in [-0.1, -0.05) is 0 Å². The minimum absolute atomic E-state index is 0.0684. The van der Waals surface area contributed by atoms with Crippen LogP contribution in [0, 0.1) is 21.7 Å². The minimum atomic E-state index is -1.32. The van der Waals surface area contributed by atoms with Crippen LogP contribution >= 0.6 is 0 Å². The predicted molar refractivity (Wildman–Crippen MR) is 90.9 cm³/mol. The van der Waals surface area contributed by atoms with E-state index in [1.807, 2.05) is 0 Å². The largest absolute Gasteiger partial charge is 0.478 e. The van der Waals surface area contributed by atoms with Crippen LogP contribution in [0.4, 0.5) is 20.2 Å². The number of nitrogens with one attached hydrogen (secondary N) is 1. The third-order valence-corrected chi connectivity index (χ3v) is 2.89. The standard InChI is InChI=1S/C9H7FN2O4.C7H6FNO2/c10-6-1-2-8(7(5-6)9(13)14)11-3-4-12(15)16;8-4-1-2-6(9)5(3-4)7(10)11/h1-5,11H,(H,13,14);1-3H,9H2,(H,10,11)/b4-3+;. The quantitative estimate of drug-likeness (QED) is 0.350. The second-order valence-corrected chi connectivity index (χ2v) is 4.78. The fourth-order valence-corrected chi connectivity index (χ4v) is 1.72. The van der Waals surface area contributed by atoms with Crippen LogP contribution in [0.25, 0.3) is 0 Å². The maximum absolute atomic E-state index is 12.7. The van der Waals surface area contributed by atoms with Crippen molar-refractivity contribution >= 4 is 23.3 Å². The molecule has 0 atom stereocenters. The van der Waals surface area contributed by atoms with Crippen molar-refractivity contribution in [3.8, 4) is 0 Å². The molecule has 2 rings (SSSR count). The molecule has 11 heteroatoms. The van der Waals surface area contributed by atoms with Gasteiger partial charge < -0.3 is 21.3 Å². The molecule has 0 aliphatic rings. The van der Waals surface area contributed by atoms with Gasteiger partial charge in [-0.2, -0.15) is 0 Å². The Morgan fingerprint density at radius 3 is 2.04 bits per heavy atom. The van der Waals surface area contributed by atoms with E-state index in [1.54, 1.807) is 0 Å². The van der Waals surface area contributed by atoms with Gasteiger partial charge >= 0.3 is 11.9 Å². The molecule has 0 saturated heterocycles. The molecule has 0 radical (unpaired) electrons. The fraction of sp³-hybridized carbons (Fsp3) is 0.